The average Bonchev–Trinajstić information content (AvgIpc) is 2.78. The van der Waals surface area contributed by atoms with Crippen LogP contribution in [0.15, 0.2) is 47.3 Å². The average molecular weight is 424 g/mol. The summed E-state index contributed by atoms with van der Waals surface area (Å²) in [4.78, 5) is 27.7. The van der Waals surface area contributed by atoms with Gasteiger partial charge in [-0.15, -0.1) is 0 Å². The van der Waals surface area contributed by atoms with Gasteiger partial charge >= 0.3 is 0 Å². The molecule has 31 heavy (non-hydrogen) atoms. The molecule has 0 saturated carbocycles. The van der Waals surface area contributed by atoms with Gasteiger partial charge in [0, 0.05) is 25.5 Å². The van der Waals surface area contributed by atoms with Gasteiger partial charge in [-0.1, -0.05) is 38.1 Å². The fraction of sp³-hybridized carbons (Fsp3) is 0.375. The van der Waals surface area contributed by atoms with Crippen LogP contribution in [0.2, 0.25) is 0 Å². The van der Waals surface area contributed by atoms with Crippen LogP contribution < -0.4 is 15.0 Å². The summed E-state index contributed by atoms with van der Waals surface area (Å²) in [5, 5.41) is 5.53. The number of ether oxygens (including phenoxy) is 2. The lowest BCUT2D eigenvalue weighted by Crippen LogP contribution is -2.33. The Morgan fingerprint density at radius 2 is 1.74 bits per heavy atom. The Hall–Kier alpha value is -3.35. The number of carbonyl (C=O) groups excluding carboxylic acids is 1. The van der Waals surface area contributed by atoms with E-state index in [0.29, 0.717) is 47.5 Å². The van der Waals surface area contributed by atoms with Crippen molar-refractivity contribution in [2.24, 2.45) is 5.92 Å². The molecule has 7 heteroatoms. The topological polar surface area (TPSA) is 73.7 Å². The Labute approximate surface area is 182 Å². The zero-order valence-corrected chi connectivity index (χ0v) is 18.7. The number of hydrogen-bond donors (Lipinski definition) is 0. The van der Waals surface area contributed by atoms with E-state index in [9.17, 15) is 9.59 Å². The van der Waals surface area contributed by atoms with Crippen molar-refractivity contribution in [3.05, 3.63) is 64.1 Å². The van der Waals surface area contributed by atoms with E-state index in [1.165, 1.54) is 4.68 Å². The van der Waals surface area contributed by atoms with E-state index < -0.39 is 0 Å². The first-order valence-corrected chi connectivity index (χ1v) is 10.3. The van der Waals surface area contributed by atoms with Crippen LogP contribution >= 0.6 is 0 Å². The lowest BCUT2D eigenvalue weighted by atomic mass is 10.1. The van der Waals surface area contributed by atoms with E-state index >= 15 is 0 Å². The van der Waals surface area contributed by atoms with Crippen molar-refractivity contribution < 1.29 is 14.3 Å². The Balaban J connectivity index is 1.86. The van der Waals surface area contributed by atoms with Gasteiger partial charge in [0.2, 0.25) is 0 Å². The number of fused-ring (bicyclic) bond motifs is 1. The van der Waals surface area contributed by atoms with Gasteiger partial charge in [0.15, 0.2) is 17.2 Å². The molecule has 7 nitrogen and oxygen atoms in total. The second-order valence-corrected chi connectivity index (χ2v) is 7.94. The summed E-state index contributed by atoms with van der Waals surface area (Å²) in [5.41, 5.74) is 1.15. The largest absolute Gasteiger partial charge is 0.493 e. The van der Waals surface area contributed by atoms with Crippen LogP contribution in [0.5, 0.6) is 11.5 Å². The van der Waals surface area contributed by atoms with Crippen LogP contribution in [0, 0.1) is 5.92 Å². The number of carbonyl (C=O) groups is 1. The summed E-state index contributed by atoms with van der Waals surface area (Å²) < 4.78 is 12.0. The summed E-state index contributed by atoms with van der Waals surface area (Å²) in [6.45, 7) is 4.98. The third-order valence-electron chi connectivity index (χ3n) is 5.14. The van der Waals surface area contributed by atoms with Crippen LogP contribution in [0.1, 0.15) is 29.9 Å². The minimum Gasteiger partial charge on any atom is -0.493 e. The lowest BCUT2D eigenvalue weighted by Gasteiger charge is -2.19. The van der Waals surface area contributed by atoms with E-state index in [1.54, 1.807) is 44.4 Å². The molecule has 0 radical (unpaired) electrons. The first-order chi connectivity index (χ1) is 14.8. The number of likely N-dealkylation sites (N-methyl/N-ethyl adjacent to an activating group) is 1. The summed E-state index contributed by atoms with van der Waals surface area (Å²) in [6.07, 6.45) is 0.645. The Morgan fingerprint density at radius 3 is 2.39 bits per heavy atom. The van der Waals surface area contributed by atoms with Crippen LogP contribution in [-0.2, 0) is 13.0 Å². The molecular weight excluding hydrogens is 394 g/mol. The first kappa shape index (κ1) is 22.3. The molecule has 0 aliphatic rings. The SMILES string of the molecule is COc1ccc(CCN(C)C(=O)c2nn(CC(C)C)c(=O)c3ccccc23)cc1OC. The minimum atomic E-state index is -0.214. The summed E-state index contributed by atoms with van der Waals surface area (Å²) >= 11 is 0. The molecule has 0 spiro atoms. The highest BCUT2D eigenvalue weighted by Gasteiger charge is 2.20. The molecular formula is C24H29N3O4. The maximum atomic E-state index is 13.3. The number of rotatable bonds is 8. The Bertz CT molecular complexity index is 1140. The predicted molar refractivity (Wildman–Crippen MR) is 121 cm³/mol. The highest BCUT2D eigenvalue weighted by atomic mass is 16.5. The van der Waals surface area contributed by atoms with Crippen LogP contribution in [0.25, 0.3) is 10.8 Å². The van der Waals surface area contributed by atoms with Crippen LogP contribution in [0.4, 0.5) is 0 Å². The number of methoxy groups -OCH3 is 2. The van der Waals surface area contributed by atoms with Gasteiger partial charge in [-0.2, -0.15) is 5.10 Å². The second-order valence-electron chi connectivity index (χ2n) is 7.94. The number of amides is 1. The monoisotopic (exact) mass is 423 g/mol. The molecule has 0 N–H and O–H groups in total. The van der Waals surface area contributed by atoms with E-state index in [0.717, 1.165) is 5.56 Å². The van der Waals surface area contributed by atoms with Gasteiger partial charge in [-0.25, -0.2) is 4.68 Å². The predicted octanol–water partition coefficient (Wildman–Crippen LogP) is 3.38. The number of aromatic nitrogens is 2. The van der Waals surface area contributed by atoms with E-state index in [-0.39, 0.29) is 17.4 Å². The summed E-state index contributed by atoms with van der Waals surface area (Å²) in [6, 6.07) is 12.9. The Morgan fingerprint density at radius 1 is 1.06 bits per heavy atom. The zero-order valence-electron chi connectivity index (χ0n) is 18.7. The lowest BCUT2D eigenvalue weighted by molar-refractivity contribution is 0.0790. The fourth-order valence-electron chi connectivity index (χ4n) is 3.48. The van der Waals surface area contributed by atoms with E-state index in [4.69, 9.17) is 9.47 Å². The van der Waals surface area contributed by atoms with Crippen molar-refractivity contribution in [1.29, 1.82) is 0 Å². The minimum absolute atomic E-state index is 0.172. The Kier molecular flexibility index (Phi) is 6.95. The number of nitrogens with zero attached hydrogens (tertiary/aromatic N) is 3. The molecule has 0 aliphatic heterocycles. The van der Waals surface area contributed by atoms with Crippen molar-refractivity contribution in [2.75, 3.05) is 27.8 Å². The summed E-state index contributed by atoms with van der Waals surface area (Å²) in [7, 11) is 4.94. The van der Waals surface area contributed by atoms with Gasteiger partial charge in [-0.05, 0) is 36.1 Å². The van der Waals surface area contributed by atoms with Gasteiger partial charge in [-0.3, -0.25) is 9.59 Å². The second kappa shape index (κ2) is 9.64. The van der Waals surface area contributed by atoms with Gasteiger partial charge in [0.1, 0.15) is 0 Å². The van der Waals surface area contributed by atoms with Gasteiger partial charge in [0.25, 0.3) is 11.5 Å². The molecule has 0 unspecified atom stereocenters. The molecule has 164 valence electrons. The molecule has 2 aromatic carbocycles. The van der Waals surface area contributed by atoms with Crippen molar-refractivity contribution in [3.8, 4) is 11.5 Å². The fourth-order valence-corrected chi connectivity index (χ4v) is 3.48. The maximum absolute atomic E-state index is 13.3. The smallest absolute Gasteiger partial charge is 0.274 e. The molecule has 0 atom stereocenters. The first-order valence-electron chi connectivity index (χ1n) is 10.3. The van der Waals surface area contributed by atoms with Crippen LogP contribution in [0.3, 0.4) is 0 Å². The standard InChI is InChI=1S/C24H29N3O4/c1-16(2)15-27-23(28)19-9-7-6-8-18(19)22(25-27)24(29)26(3)13-12-17-10-11-20(30-4)21(14-17)31-5/h6-11,14,16H,12-13,15H2,1-5H3. The summed E-state index contributed by atoms with van der Waals surface area (Å²) in [5.74, 6) is 1.34. The highest BCUT2D eigenvalue weighted by molar-refractivity contribution is 6.04. The molecule has 3 rings (SSSR count). The molecule has 3 aromatic rings. The van der Waals surface area contributed by atoms with E-state index in [1.807, 2.05) is 38.1 Å². The highest BCUT2D eigenvalue weighted by Crippen LogP contribution is 2.27. The number of benzene rings is 2. The maximum Gasteiger partial charge on any atom is 0.274 e. The zero-order chi connectivity index (χ0) is 22.5. The van der Waals surface area contributed by atoms with Crippen LogP contribution in [-0.4, -0.2) is 48.4 Å². The quantitative estimate of drug-likeness (QED) is 0.555. The van der Waals surface area contributed by atoms with E-state index in [2.05, 4.69) is 5.10 Å². The normalized spacial score (nSPS) is 11.0. The van der Waals surface area contributed by atoms with Crippen molar-refractivity contribution in [1.82, 2.24) is 14.7 Å². The molecule has 1 amide bonds. The molecule has 0 saturated heterocycles. The van der Waals surface area contributed by atoms with Gasteiger partial charge < -0.3 is 14.4 Å². The van der Waals surface area contributed by atoms with Crippen molar-refractivity contribution >= 4 is 16.7 Å². The third-order valence-corrected chi connectivity index (χ3v) is 5.14. The molecule has 1 heterocycles. The number of hydrogen-bond acceptors (Lipinski definition) is 5. The molecule has 0 fully saturated rings. The molecule has 1 aromatic heterocycles. The van der Waals surface area contributed by atoms with Crippen molar-refractivity contribution in [2.45, 2.75) is 26.8 Å². The van der Waals surface area contributed by atoms with Crippen molar-refractivity contribution in [3.63, 3.8) is 0 Å². The molecule has 0 aliphatic carbocycles. The molecule has 0 bridgehead atoms. The third kappa shape index (κ3) is 4.87. The van der Waals surface area contributed by atoms with Gasteiger partial charge in [0.05, 0.1) is 19.6 Å².